The number of hydrogen-bond donors (Lipinski definition) is 2. The maximum atomic E-state index is 12.1. The summed E-state index contributed by atoms with van der Waals surface area (Å²) < 4.78 is 0. The van der Waals surface area contributed by atoms with Gasteiger partial charge in [-0.1, -0.05) is 11.6 Å². The molecule has 0 saturated carbocycles. The Hall–Kier alpha value is -1.17. The van der Waals surface area contributed by atoms with E-state index in [9.17, 15) is 9.90 Å². The van der Waals surface area contributed by atoms with Crippen molar-refractivity contribution in [3.63, 3.8) is 0 Å². The van der Waals surface area contributed by atoms with E-state index in [1.54, 1.807) is 12.3 Å². The number of carbonyl (C=O) groups is 1. The summed E-state index contributed by atoms with van der Waals surface area (Å²) in [7, 11) is 2.05. The van der Waals surface area contributed by atoms with Gasteiger partial charge in [-0.15, -0.1) is 0 Å². The van der Waals surface area contributed by atoms with Crippen molar-refractivity contribution < 1.29 is 9.90 Å². The first-order valence-corrected chi connectivity index (χ1v) is 7.59. The number of carbonyl (C=O) groups excluding carboxylic acids is 1. The first-order chi connectivity index (χ1) is 9.89. The van der Waals surface area contributed by atoms with Crippen LogP contribution in [-0.2, 0) is 0 Å². The quantitative estimate of drug-likeness (QED) is 0.829. The normalized spacial score (nSPS) is 18.5. The van der Waals surface area contributed by atoms with Crippen LogP contribution in [0, 0.1) is 6.92 Å². The lowest BCUT2D eigenvalue weighted by molar-refractivity contribution is -0.0214. The molecule has 2 heterocycles. The molecule has 0 unspecified atom stereocenters. The zero-order valence-electron chi connectivity index (χ0n) is 12.5. The van der Waals surface area contributed by atoms with E-state index in [1.165, 1.54) is 0 Å². The molecule has 0 aliphatic carbocycles. The molecule has 21 heavy (non-hydrogen) atoms. The van der Waals surface area contributed by atoms with Crippen molar-refractivity contribution in [2.24, 2.45) is 0 Å². The molecule has 0 bridgehead atoms. The summed E-state index contributed by atoms with van der Waals surface area (Å²) in [6.45, 7) is 4.07. The van der Waals surface area contributed by atoms with Gasteiger partial charge in [-0.3, -0.25) is 4.79 Å². The third kappa shape index (κ3) is 4.40. The number of hydrogen-bond acceptors (Lipinski definition) is 4. The minimum absolute atomic E-state index is 0.205. The zero-order valence-corrected chi connectivity index (χ0v) is 13.3. The highest BCUT2D eigenvalue weighted by Crippen LogP contribution is 2.24. The number of likely N-dealkylation sites (tertiary alicyclic amines) is 1. The fourth-order valence-electron chi connectivity index (χ4n) is 2.50. The van der Waals surface area contributed by atoms with Crippen molar-refractivity contribution in [2.45, 2.75) is 31.8 Å². The predicted octanol–water partition coefficient (Wildman–Crippen LogP) is 1.62. The molecule has 2 N–H and O–H groups in total. The van der Waals surface area contributed by atoms with Crippen molar-refractivity contribution in [3.8, 4) is 0 Å². The van der Waals surface area contributed by atoms with Crippen LogP contribution in [0.4, 0.5) is 0 Å². The van der Waals surface area contributed by atoms with Gasteiger partial charge >= 0.3 is 0 Å². The summed E-state index contributed by atoms with van der Waals surface area (Å²) in [5.74, 6) is -0.243. The van der Waals surface area contributed by atoms with E-state index in [-0.39, 0.29) is 11.1 Å². The Morgan fingerprint density at radius 1 is 1.52 bits per heavy atom. The van der Waals surface area contributed by atoms with Gasteiger partial charge in [0.25, 0.3) is 5.91 Å². The summed E-state index contributed by atoms with van der Waals surface area (Å²) >= 11 is 5.94. The molecule has 1 aromatic heterocycles. The smallest absolute Gasteiger partial charge is 0.254 e. The monoisotopic (exact) mass is 311 g/mol. The summed E-state index contributed by atoms with van der Waals surface area (Å²) in [4.78, 5) is 18.3. The van der Waals surface area contributed by atoms with Crippen LogP contribution in [0.2, 0.25) is 5.15 Å². The van der Waals surface area contributed by atoms with E-state index in [1.807, 2.05) is 14.0 Å². The molecule has 1 aromatic rings. The number of halogens is 1. The van der Waals surface area contributed by atoms with Crippen LogP contribution < -0.4 is 5.32 Å². The van der Waals surface area contributed by atoms with Crippen LogP contribution >= 0.6 is 11.6 Å². The Labute approximate surface area is 130 Å². The molecule has 6 heteroatoms. The molecule has 0 radical (unpaired) electrons. The second-order valence-electron chi connectivity index (χ2n) is 5.88. The fourth-order valence-corrected chi connectivity index (χ4v) is 2.69. The lowest BCUT2D eigenvalue weighted by Crippen LogP contribution is -2.44. The van der Waals surface area contributed by atoms with Crippen LogP contribution in [-0.4, -0.2) is 53.2 Å². The van der Waals surface area contributed by atoms with Gasteiger partial charge in [0.05, 0.1) is 11.2 Å². The van der Waals surface area contributed by atoms with E-state index >= 15 is 0 Å². The first-order valence-electron chi connectivity index (χ1n) is 7.21. The summed E-state index contributed by atoms with van der Waals surface area (Å²) in [6, 6.07) is 1.72. The molecule has 116 valence electrons. The molecule has 1 amide bonds. The highest BCUT2D eigenvalue weighted by atomic mass is 35.5. The van der Waals surface area contributed by atoms with Crippen molar-refractivity contribution in [3.05, 3.63) is 28.5 Å². The second kappa shape index (κ2) is 6.73. The Bertz CT molecular complexity index is 514. The maximum absolute atomic E-state index is 12.1. The highest BCUT2D eigenvalue weighted by molar-refractivity contribution is 6.32. The first kappa shape index (κ1) is 16.2. The van der Waals surface area contributed by atoms with Crippen LogP contribution in [0.25, 0.3) is 0 Å². The number of aromatic nitrogens is 1. The highest BCUT2D eigenvalue weighted by Gasteiger charge is 2.30. The van der Waals surface area contributed by atoms with Crippen molar-refractivity contribution >= 4 is 17.5 Å². The van der Waals surface area contributed by atoms with Gasteiger partial charge in [-0.25, -0.2) is 4.98 Å². The number of aryl methyl sites for hydroxylation is 1. The Kier molecular flexibility index (Phi) is 5.19. The lowest BCUT2D eigenvalue weighted by atomic mass is 9.88. The average molecular weight is 312 g/mol. The molecular formula is C15H22ClN3O2. The predicted molar refractivity (Wildman–Crippen MR) is 82.6 cm³/mol. The Morgan fingerprint density at radius 3 is 2.86 bits per heavy atom. The zero-order chi connectivity index (χ0) is 15.5. The number of rotatable bonds is 4. The number of piperidine rings is 1. The minimum Gasteiger partial charge on any atom is -0.390 e. The standard InChI is InChI=1S/C15H22ClN3O2/c1-11-9-12(13(16)18-10-11)14(20)17-6-3-15(21)4-7-19(2)8-5-15/h9-10,21H,3-8H2,1-2H3,(H,17,20). The van der Waals surface area contributed by atoms with Gasteiger partial charge in [0.15, 0.2) is 0 Å². The summed E-state index contributed by atoms with van der Waals surface area (Å²) in [5.41, 5.74) is 0.597. The van der Waals surface area contributed by atoms with Crippen molar-refractivity contribution in [1.29, 1.82) is 0 Å². The molecule has 1 aliphatic heterocycles. The lowest BCUT2D eigenvalue weighted by Gasteiger charge is -2.36. The van der Waals surface area contributed by atoms with Gasteiger partial charge in [-0.2, -0.15) is 0 Å². The average Bonchev–Trinajstić information content (AvgIpc) is 2.45. The summed E-state index contributed by atoms with van der Waals surface area (Å²) in [5, 5.41) is 13.5. The van der Waals surface area contributed by atoms with Crippen LogP contribution in [0.5, 0.6) is 0 Å². The number of pyridine rings is 1. The Morgan fingerprint density at radius 2 is 2.19 bits per heavy atom. The number of nitrogens with zero attached hydrogens (tertiary/aromatic N) is 2. The minimum atomic E-state index is -0.672. The van der Waals surface area contributed by atoms with Gasteiger partial charge in [0.2, 0.25) is 0 Å². The summed E-state index contributed by atoms with van der Waals surface area (Å²) in [6.07, 6.45) is 3.67. The Balaban J connectivity index is 1.85. The molecule has 1 fully saturated rings. The van der Waals surface area contributed by atoms with Crippen LogP contribution in [0.15, 0.2) is 12.3 Å². The SMILES string of the molecule is Cc1cnc(Cl)c(C(=O)NCCC2(O)CCN(C)CC2)c1. The van der Waals surface area contributed by atoms with Crippen molar-refractivity contribution in [2.75, 3.05) is 26.7 Å². The van der Waals surface area contributed by atoms with Gasteiger partial charge < -0.3 is 15.3 Å². The fraction of sp³-hybridized carbons (Fsp3) is 0.600. The number of amides is 1. The van der Waals surface area contributed by atoms with E-state index in [2.05, 4.69) is 15.2 Å². The van der Waals surface area contributed by atoms with E-state index in [0.29, 0.717) is 18.5 Å². The topological polar surface area (TPSA) is 65.5 Å². The number of nitrogens with one attached hydrogen (secondary N) is 1. The number of aliphatic hydroxyl groups is 1. The van der Waals surface area contributed by atoms with Gasteiger partial charge in [-0.05, 0) is 44.9 Å². The molecule has 1 aliphatic rings. The second-order valence-corrected chi connectivity index (χ2v) is 6.24. The van der Waals surface area contributed by atoms with Crippen LogP contribution in [0.1, 0.15) is 35.2 Å². The van der Waals surface area contributed by atoms with E-state index < -0.39 is 5.60 Å². The van der Waals surface area contributed by atoms with E-state index in [0.717, 1.165) is 31.5 Å². The van der Waals surface area contributed by atoms with Gasteiger partial charge in [0.1, 0.15) is 5.15 Å². The third-order valence-corrected chi connectivity index (χ3v) is 4.32. The molecule has 2 rings (SSSR count). The van der Waals surface area contributed by atoms with Crippen molar-refractivity contribution in [1.82, 2.24) is 15.2 Å². The largest absolute Gasteiger partial charge is 0.390 e. The molecule has 5 nitrogen and oxygen atoms in total. The molecule has 0 aromatic carbocycles. The molecule has 0 spiro atoms. The molecule has 1 saturated heterocycles. The molecule has 0 atom stereocenters. The molecular weight excluding hydrogens is 290 g/mol. The maximum Gasteiger partial charge on any atom is 0.254 e. The third-order valence-electron chi connectivity index (χ3n) is 4.01. The van der Waals surface area contributed by atoms with E-state index in [4.69, 9.17) is 11.6 Å². The van der Waals surface area contributed by atoms with Crippen LogP contribution in [0.3, 0.4) is 0 Å². The van der Waals surface area contributed by atoms with Gasteiger partial charge in [0, 0.05) is 25.8 Å².